The van der Waals surface area contributed by atoms with Crippen LogP contribution < -0.4 is 5.32 Å². The molecule has 0 aliphatic heterocycles. The lowest BCUT2D eigenvalue weighted by Crippen LogP contribution is -2.27. The molecule has 0 fully saturated rings. The van der Waals surface area contributed by atoms with Crippen molar-refractivity contribution < 1.29 is 17.6 Å². The summed E-state index contributed by atoms with van der Waals surface area (Å²) >= 11 is 0. The Morgan fingerprint density at radius 1 is 1.11 bits per heavy atom. The smallest absolute Gasteiger partial charge is 0.361 e. The Morgan fingerprint density at radius 2 is 1.79 bits per heavy atom. The van der Waals surface area contributed by atoms with Gasteiger partial charge in [0.2, 0.25) is 0 Å². The highest BCUT2D eigenvalue weighted by molar-refractivity contribution is 5.83. The molecule has 0 unspecified atom stereocenters. The van der Waals surface area contributed by atoms with E-state index >= 15 is 0 Å². The van der Waals surface area contributed by atoms with Crippen LogP contribution in [0.2, 0.25) is 0 Å². The molecule has 0 radical (unpaired) electrons. The van der Waals surface area contributed by atoms with E-state index in [1.54, 1.807) is 24.9 Å². The van der Waals surface area contributed by atoms with Crippen LogP contribution >= 0.6 is 0 Å². The molecule has 1 atom stereocenters. The van der Waals surface area contributed by atoms with E-state index in [9.17, 15) is 17.6 Å². The Balaban J connectivity index is 2.08. The number of rotatable bonds is 3. The lowest BCUT2D eigenvalue weighted by molar-refractivity contribution is -0.140. The van der Waals surface area contributed by atoms with Gasteiger partial charge in [0, 0.05) is 7.05 Å². The van der Waals surface area contributed by atoms with Gasteiger partial charge in [-0.3, -0.25) is 0 Å². The number of benzene rings is 1. The van der Waals surface area contributed by atoms with Crippen LogP contribution in [-0.2, 0) is 13.2 Å². The molecular weight excluding hydrogens is 374 g/mol. The number of aryl methyl sites for hydroxylation is 2. The monoisotopic (exact) mass is 395 g/mol. The molecule has 1 aromatic carbocycles. The van der Waals surface area contributed by atoms with Crippen molar-refractivity contribution in [2.75, 3.05) is 5.32 Å². The van der Waals surface area contributed by atoms with Crippen molar-refractivity contribution in [3.63, 3.8) is 0 Å². The standard InChI is InChI=1S/C19H21F4N5/c1-10-25-16(14-17(26-10)28(5)9-24-14)27-15(18(2,3)4)11-6-7-12(13(20)8-11)19(21,22)23/h6-9,15H,1-5H3,(H,25,26,27)/t15-/m0/s1. The first-order valence-corrected chi connectivity index (χ1v) is 8.67. The van der Waals surface area contributed by atoms with Gasteiger partial charge in [-0.15, -0.1) is 0 Å². The van der Waals surface area contributed by atoms with E-state index in [2.05, 4.69) is 20.3 Å². The first-order valence-electron chi connectivity index (χ1n) is 8.67. The Bertz CT molecular complexity index is 1020. The first-order chi connectivity index (χ1) is 12.9. The number of alkyl halides is 3. The average molecular weight is 395 g/mol. The molecule has 2 aromatic heterocycles. The number of hydrogen-bond acceptors (Lipinski definition) is 4. The number of hydrogen-bond donors (Lipinski definition) is 1. The molecule has 3 aromatic rings. The molecule has 28 heavy (non-hydrogen) atoms. The maximum atomic E-state index is 14.2. The molecule has 0 bridgehead atoms. The maximum absolute atomic E-state index is 14.2. The minimum absolute atomic E-state index is 0.387. The molecule has 0 amide bonds. The number of halogens is 4. The Morgan fingerprint density at radius 3 is 2.36 bits per heavy atom. The van der Waals surface area contributed by atoms with Crippen LogP contribution in [-0.4, -0.2) is 19.5 Å². The fourth-order valence-corrected chi connectivity index (χ4v) is 3.09. The lowest BCUT2D eigenvalue weighted by atomic mass is 9.82. The molecule has 9 heteroatoms. The summed E-state index contributed by atoms with van der Waals surface area (Å²) in [5.74, 6) is -0.337. The molecule has 0 saturated heterocycles. The second-order valence-electron chi connectivity index (χ2n) is 7.83. The first kappa shape index (κ1) is 20.0. The molecule has 0 saturated carbocycles. The predicted octanol–water partition coefficient (Wildman–Crippen LogP) is 5.03. The van der Waals surface area contributed by atoms with Crippen LogP contribution in [0.5, 0.6) is 0 Å². The molecule has 150 valence electrons. The third-order valence-electron chi connectivity index (χ3n) is 4.45. The summed E-state index contributed by atoms with van der Waals surface area (Å²) in [5, 5.41) is 3.24. The second-order valence-corrected chi connectivity index (χ2v) is 7.83. The molecule has 2 heterocycles. The minimum atomic E-state index is -4.74. The van der Waals surface area contributed by atoms with E-state index in [4.69, 9.17) is 0 Å². The van der Waals surface area contributed by atoms with Crippen LogP contribution in [0.15, 0.2) is 24.5 Å². The molecule has 1 N–H and O–H groups in total. The summed E-state index contributed by atoms with van der Waals surface area (Å²) in [5.41, 5.74) is -0.185. The van der Waals surface area contributed by atoms with Crippen LogP contribution in [0.25, 0.3) is 11.2 Å². The highest BCUT2D eigenvalue weighted by Gasteiger charge is 2.35. The van der Waals surface area contributed by atoms with Gasteiger partial charge in [-0.25, -0.2) is 19.3 Å². The average Bonchev–Trinajstić information content (AvgIpc) is 2.91. The maximum Gasteiger partial charge on any atom is 0.419 e. The van der Waals surface area contributed by atoms with Gasteiger partial charge in [-0.2, -0.15) is 13.2 Å². The van der Waals surface area contributed by atoms with Gasteiger partial charge in [0.25, 0.3) is 0 Å². The van der Waals surface area contributed by atoms with Crippen molar-refractivity contribution in [2.24, 2.45) is 12.5 Å². The van der Waals surface area contributed by atoms with Crippen LogP contribution in [0.1, 0.15) is 43.8 Å². The summed E-state index contributed by atoms with van der Waals surface area (Å²) in [7, 11) is 1.80. The minimum Gasteiger partial charge on any atom is -0.361 e. The van der Waals surface area contributed by atoms with Crippen molar-refractivity contribution in [3.05, 3.63) is 47.3 Å². The van der Waals surface area contributed by atoms with Gasteiger partial charge in [0.1, 0.15) is 17.2 Å². The van der Waals surface area contributed by atoms with Gasteiger partial charge in [0.15, 0.2) is 11.5 Å². The summed E-state index contributed by atoms with van der Waals surface area (Å²) in [6, 6.07) is 2.48. The SMILES string of the molecule is Cc1nc(N[C@@H](c2ccc(C(F)(F)F)c(F)c2)C(C)(C)C)c2ncn(C)c2n1. The molecule has 0 spiro atoms. The molecule has 0 aliphatic carbocycles. The quantitative estimate of drug-likeness (QED) is 0.632. The highest BCUT2D eigenvalue weighted by atomic mass is 19.4. The summed E-state index contributed by atoms with van der Waals surface area (Å²) in [6.07, 6.45) is -3.13. The van der Waals surface area contributed by atoms with Gasteiger partial charge in [-0.1, -0.05) is 26.8 Å². The van der Waals surface area contributed by atoms with Crippen molar-refractivity contribution in [2.45, 2.75) is 39.9 Å². The summed E-state index contributed by atoms with van der Waals surface area (Å²) in [6.45, 7) is 7.46. The fourth-order valence-electron chi connectivity index (χ4n) is 3.09. The normalized spacial score (nSPS) is 13.8. The third kappa shape index (κ3) is 3.79. The molecular formula is C19H21F4N5. The summed E-state index contributed by atoms with van der Waals surface area (Å²) < 4.78 is 54.6. The summed E-state index contributed by atoms with van der Waals surface area (Å²) in [4.78, 5) is 13.1. The van der Waals surface area contributed by atoms with E-state index in [1.807, 2.05) is 20.8 Å². The number of fused-ring (bicyclic) bond motifs is 1. The predicted molar refractivity (Wildman–Crippen MR) is 98.3 cm³/mol. The lowest BCUT2D eigenvalue weighted by Gasteiger charge is -2.32. The van der Waals surface area contributed by atoms with Crippen LogP contribution in [0, 0.1) is 18.2 Å². The van der Waals surface area contributed by atoms with E-state index in [-0.39, 0.29) is 0 Å². The number of nitrogens with zero attached hydrogens (tertiary/aromatic N) is 4. The Kier molecular flexibility index (Phi) is 4.81. The van der Waals surface area contributed by atoms with Crippen LogP contribution in [0.4, 0.5) is 23.4 Å². The molecule has 0 aliphatic rings. The topological polar surface area (TPSA) is 55.6 Å². The zero-order valence-electron chi connectivity index (χ0n) is 16.2. The Labute approximate surface area is 159 Å². The van der Waals surface area contributed by atoms with E-state index in [0.717, 1.165) is 12.1 Å². The van der Waals surface area contributed by atoms with Crippen molar-refractivity contribution in [3.8, 4) is 0 Å². The van der Waals surface area contributed by atoms with Gasteiger partial charge in [0.05, 0.1) is 17.9 Å². The fraction of sp³-hybridized carbons (Fsp3) is 0.421. The van der Waals surface area contributed by atoms with Gasteiger partial charge < -0.3 is 9.88 Å². The van der Waals surface area contributed by atoms with Crippen molar-refractivity contribution in [1.29, 1.82) is 0 Å². The number of imidazole rings is 1. The van der Waals surface area contributed by atoms with Crippen molar-refractivity contribution in [1.82, 2.24) is 19.5 Å². The van der Waals surface area contributed by atoms with Crippen LogP contribution in [0.3, 0.4) is 0 Å². The second kappa shape index (κ2) is 6.72. The molecule has 3 rings (SSSR count). The zero-order valence-corrected chi connectivity index (χ0v) is 16.2. The number of nitrogens with one attached hydrogen (secondary N) is 1. The Hall–Kier alpha value is -2.71. The van der Waals surface area contributed by atoms with E-state index in [1.165, 1.54) is 6.07 Å². The van der Waals surface area contributed by atoms with E-state index < -0.39 is 29.0 Å². The third-order valence-corrected chi connectivity index (χ3v) is 4.45. The number of aromatic nitrogens is 4. The number of anilines is 1. The highest BCUT2D eigenvalue weighted by Crippen LogP contribution is 2.39. The van der Waals surface area contributed by atoms with E-state index in [0.29, 0.717) is 28.4 Å². The van der Waals surface area contributed by atoms with Crippen molar-refractivity contribution >= 4 is 17.0 Å². The largest absolute Gasteiger partial charge is 0.419 e. The molecule has 5 nitrogen and oxygen atoms in total. The zero-order chi connectivity index (χ0) is 20.9. The van der Waals surface area contributed by atoms with Gasteiger partial charge >= 0.3 is 6.18 Å². The van der Waals surface area contributed by atoms with Gasteiger partial charge in [-0.05, 0) is 30.0 Å².